The Balaban J connectivity index is 2.22. The number of anilines is 1. The number of rotatable bonds is 6. The van der Waals surface area contributed by atoms with Crippen molar-refractivity contribution in [2.24, 2.45) is 17.9 Å². The molecule has 1 aliphatic rings. The van der Waals surface area contributed by atoms with Gasteiger partial charge in [0.05, 0.1) is 12.3 Å². The molecule has 3 rings (SSSR count). The summed E-state index contributed by atoms with van der Waals surface area (Å²) in [5.41, 5.74) is 5.85. The Bertz CT molecular complexity index is 1010. The minimum Gasteiger partial charge on any atom is -0.368 e. The van der Waals surface area contributed by atoms with Gasteiger partial charge >= 0.3 is 5.69 Å². The Hall–Kier alpha value is -2.91. The van der Waals surface area contributed by atoms with Crippen LogP contribution in [0, 0.1) is 0 Å². The predicted octanol–water partition coefficient (Wildman–Crippen LogP) is -0.232. The van der Waals surface area contributed by atoms with Gasteiger partial charge in [0.15, 0.2) is 11.2 Å². The zero-order valence-electron chi connectivity index (χ0n) is 15.2. The van der Waals surface area contributed by atoms with Crippen LogP contribution in [0.15, 0.2) is 14.7 Å². The lowest BCUT2D eigenvalue weighted by molar-refractivity contribution is -0.116. The van der Waals surface area contributed by atoms with Gasteiger partial charge in [-0.1, -0.05) is 19.8 Å². The third kappa shape index (κ3) is 2.91. The minimum absolute atomic E-state index is 0.153. The summed E-state index contributed by atoms with van der Waals surface area (Å²) in [6, 6.07) is 0. The number of carbonyl (C=O) groups excluding carboxylic acids is 1. The van der Waals surface area contributed by atoms with Gasteiger partial charge in [0.2, 0.25) is 11.9 Å². The Morgan fingerprint density at radius 2 is 2.00 bits per heavy atom. The van der Waals surface area contributed by atoms with Gasteiger partial charge in [0, 0.05) is 13.6 Å². The third-order valence-corrected chi connectivity index (χ3v) is 4.41. The number of carbonyl (C=O) groups is 1. The molecule has 0 spiro atoms. The van der Waals surface area contributed by atoms with Crippen molar-refractivity contribution in [1.82, 2.24) is 18.7 Å². The first kappa shape index (κ1) is 17.9. The summed E-state index contributed by atoms with van der Waals surface area (Å²) >= 11 is 0. The summed E-state index contributed by atoms with van der Waals surface area (Å²) in [5.74, 6) is -0.226. The number of imidazole rings is 1. The van der Waals surface area contributed by atoms with Crippen molar-refractivity contribution in [2.75, 3.05) is 11.6 Å². The molecule has 10 nitrogen and oxygen atoms in total. The van der Waals surface area contributed by atoms with E-state index in [4.69, 9.17) is 5.73 Å². The van der Waals surface area contributed by atoms with Crippen molar-refractivity contribution in [3.05, 3.63) is 20.8 Å². The Kier molecular flexibility index (Phi) is 4.66. The average Bonchev–Trinajstić information content (AvgIpc) is 2.95. The largest absolute Gasteiger partial charge is 0.368 e. The highest BCUT2D eigenvalue weighted by Gasteiger charge is 2.27. The van der Waals surface area contributed by atoms with Crippen LogP contribution in [-0.4, -0.2) is 36.8 Å². The van der Waals surface area contributed by atoms with E-state index in [2.05, 4.69) is 17.0 Å². The van der Waals surface area contributed by atoms with E-state index in [0.717, 1.165) is 19.3 Å². The van der Waals surface area contributed by atoms with Crippen LogP contribution in [0.1, 0.15) is 33.1 Å². The molecular weight excluding hydrogens is 338 g/mol. The molecule has 10 heteroatoms. The van der Waals surface area contributed by atoms with E-state index in [-0.39, 0.29) is 17.8 Å². The average molecular weight is 361 g/mol. The van der Waals surface area contributed by atoms with Crippen LogP contribution in [0.3, 0.4) is 0 Å². The molecule has 0 radical (unpaired) electrons. The van der Waals surface area contributed by atoms with Crippen LogP contribution in [0.25, 0.3) is 11.2 Å². The fourth-order valence-electron chi connectivity index (χ4n) is 3.19. The number of hydrogen-bond acceptors (Lipinski definition) is 6. The molecule has 26 heavy (non-hydrogen) atoms. The summed E-state index contributed by atoms with van der Waals surface area (Å²) in [4.78, 5) is 41.3. The van der Waals surface area contributed by atoms with Crippen molar-refractivity contribution >= 4 is 28.7 Å². The number of hydrazone groups is 1. The first-order chi connectivity index (χ1) is 12.3. The summed E-state index contributed by atoms with van der Waals surface area (Å²) in [5, 5.41) is 5.66. The lowest BCUT2D eigenvalue weighted by Gasteiger charge is -2.23. The van der Waals surface area contributed by atoms with Crippen LogP contribution in [0.4, 0.5) is 5.95 Å². The number of primary amides is 1. The highest BCUT2D eigenvalue weighted by atomic mass is 16.2. The molecule has 0 atom stereocenters. The molecule has 1 aliphatic heterocycles. The van der Waals surface area contributed by atoms with Crippen LogP contribution in [0.5, 0.6) is 0 Å². The number of nitrogens with zero attached hydrogens (tertiary/aromatic N) is 6. The van der Waals surface area contributed by atoms with Crippen LogP contribution in [-0.2, 0) is 24.9 Å². The van der Waals surface area contributed by atoms with E-state index in [1.54, 1.807) is 18.5 Å². The molecule has 0 fully saturated rings. The first-order valence-corrected chi connectivity index (χ1v) is 8.65. The SMILES string of the molecule is CCCCCn1c(=O)c2c(nc3n2CC(C)=NN3CC(N)=O)n(C)c1=O. The monoisotopic (exact) mass is 361 g/mol. The lowest BCUT2D eigenvalue weighted by atomic mass is 10.2. The van der Waals surface area contributed by atoms with Crippen molar-refractivity contribution < 1.29 is 4.79 Å². The number of nitrogens with two attached hydrogens (primary N) is 1. The van der Waals surface area contributed by atoms with Gasteiger partial charge in [-0.05, 0) is 13.3 Å². The fraction of sp³-hybridized carbons (Fsp3) is 0.562. The molecule has 0 saturated carbocycles. The molecule has 2 aromatic rings. The van der Waals surface area contributed by atoms with Gasteiger partial charge < -0.3 is 5.73 Å². The molecule has 3 heterocycles. The molecule has 0 bridgehead atoms. The number of fused-ring (bicyclic) bond motifs is 3. The second-order valence-corrected chi connectivity index (χ2v) is 6.53. The zero-order chi connectivity index (χ0) is 19.0. The van der Waals surface area contributed by atoms with E-state index in [0.29, 0.717) is 30.3 Å². The molecule has 2 aromatic heterocycles. The molecule has 0 unspecified atom stereocenters. The Labute approximate surface area is 149 Å². The molecule has 2 N–H and O–H groups in total. The van der Waals surface area contributed by atoms with Crippen molar-refractivity contribution in [2.45, 2.75) is 46.2 Å². The zero-order valence-corrected chi connectivity index (χ0v) is 15.2. The van der Waals surface area contributed by atoms with Crippen LogP contribution < -0.4 is 22.0 Å². The third-order valence-electron chi connectivity index (χ3n) is 4.41. The van der Waals surface area contributed by atoms with E-state index in [1.165, 1.54) is 14.1 Å². The first-order valence-electron chi connectivity index (χ1n) is 8.65. The molecular formula is C16H23N7O3. The van der Waals surface area contributed by atoms with E-state index < -0.39 is 11.6 Å². The maximum absolute atomic E-state index is 13.0. The molecule has 1 amide bonds. The topological polar surface area (TPSA) is 121 Å². The molecule has 140 valence electrons. The number of aryl methyl sites for hydroxylation is 1. The van der Waals surface area contributed by atoms with Gasteiger partial charge in [-0.25, -0.2) is 9.80 Å². The number of hydrogen-bond donors (Lipinski definition) is 1. The number of unbranched alkanes of at least 4 members (excludes halogenated alkanes) is 2. The van der Waals surface area contributed by atoms with Crippen LogP contribution >= 0.6 is 0 Å². The highest BCUT2D eigenvalue weighted by molar-refractivity contribution is 5.89. The minimum atomic E-state index is -0.562. The maximum atomic E-state index is 13.0. The summed E-state index contributed by atoms with van der Waals surface area (Å²) in [6.45, 7) is 4.44. The quantitative estimate of drug-likeness (QED) is 0.712. The molecule has 0 saturated heterocycles. The number of amides is 1. The van der Waals surface area contributed by atoms with Gasteiger partial charge in [0.1, 0.15) is 6.54 Å². The van der Waals surface area contributed by atoms with Gasteiger partial charge in [-0.15, -0.1) is 0 Å². The summed E-state index contributed by atoms with van der Waals surface area (Å²) in [7, 11) is 1.59. The normalized spacial score (nSPS) is 13.8. The van der Waals surface area contributed by atoms with Crippen LogP contribution in [0.2, 0.25) is 0 Å². The summed E-state index contributed by atoms with van der Waals surface area (Å²) < 4.78 is 4.32. The van der Waals surface area contributed by atoms with Crippen molar-refractivity contribution in [1.29, 1.82) is 0 Å². The maximum Gasteiger partial charge on any atom is 0.332 e. The van der Waals surface area contributed by atoms with Crippen molar-refractivity contribution in [3.8, 4) is 0 Å². The van der Waals surface area contributed by atoms with Gasteiger partial charge in [0.25, 0.3) is 5.56 Å². The lowest BCUT2D eigenvalue weighted by Crippen LogP contribution is -2.40. The predicted molar refractivity (Wildman–Crippen MR) is 98.4 cm³/mol. The van der Waals surface area contributed by atoms with E-state index in [9.17, 15) is 14.4 Å². The highest BCUT2D eigenvalue weighted by Crippen LogP contribution is 2.23. The van der Waals surface area contributed by atoms with Gasteiger partial charge in [-0.2, -0.15) is 10.1 Å². The Morgan fingerprint density at radius 1 is 1.27 bits per heavy atom. The second kappa shape index (κ2) is 6.77. The molecule has 0 aliphatic carbocycles. The molecule has 0 aromatic carbocycles. The van der Waals surface area contributed by atoms with E-state index >= 15 is 0 Å². The fourth-order valence-corrected chi connectivity index (χ4v) is 3.19. The van der Waals surface area contributed by atoms with Gasteiger partial charge in [-0.3, -0.25) is 23.3 Å². The Morgan fingerprint density at radius 3 is 2.65 bits per heavy atom. The smallest absolute Gasteiger partial charge is 0.332 e. The van der Waals surface area contributed by atoms with Crippen molar-refractivity contribution in [3.63, 3.8) is 0 Å². The number of aromatic nitrogens is 4. The standard InChI is InChI=1S/C16H23N7O3/c1-4-5-6-7-21-14(25)12-13(20(3)16(21)26)18-15-22(12)8-10(2)19-23(15)9-11(17)24/h4-9H2,1-3H3,(H2,17,24). The second-order valence-electron chi connectivity index (χ2n) is 6.53. The van der Waals surface area contributed by atoms with E-state index in [1.807, 2.05) is 0 Å². The summed E-state index contributed by atoms with van der Waals surface area (Å²) in [6.07, 6.45) is 2.69.